The lowest BCUT2D eigenvalue weighted by Gasteiger charge is -2.35. The van der Waals surface area contributed by atoms with E-state index in [0.29, 0.717) is 43.3 Å². The molecule has 0 unspecified atom stereocenters. The number of aromatic nitrogens is 3. The fourth-order valence-corrected chi connectivity index (χ4v) is 3.37. The van der Waals surface area contributed by atoms with Crippen molar-refractivity contribution < 1.29 is 9.53 Å². The topological polar surface area (TPSA) is 83.5 Å². The van der Waals surface area contributed by atoms with Gasteiger partial charge in [0.15, 0.2) is 11.6 Å². The van der Waals surface area contributed by atoms with Crippen LogP contribution in [-0.2, 0) is 0 Å². The number of piperazine rings is 1. The summed E-state index contributed by atoms with van der Waals surface area (Å²) < 4.78 is 5.22. The Balaban J connectivity index is 1.35. The lowest BCUT2D eigenvalue weighted by atomic mass is 10.1. The summed E-state index contributed by atoms with van der Waals surface area (Å²) in [4.78, 5) is 21.0. The Hall–Kier alpha value is -3.68. The molecular formula is C22H24N6O2. The largest absolute Gasteiger partial charge is 0.497 e. The summed E-state index contributed by atoms with van der Waals surface area (Å²) in [6.07, 6.45) is 1.76. The summed E-state index contributed by atoms with van der Waals surface area (Å²) in [5, 5.41) is 11.8. The molecule has 4 rings (SSSR count). The molecule has 1 aliphatic rings. The number of methoxy groups -OCH3 is 1. The van der Waals surface area contributed by atoms with E-state index >= 15 is 0 Å². The third-order valence-corrected chi connectivity index (χ3v) is 5.03. The van der Waals surface area contributed by atoms with Gasteiger partial charge in [0, 0.05) is 37.9 Å². The van der Waals surface area contributed by atoms with Crippen molar-refractivity contribution in [3.8, 4) is 5.75 Å². The molecule has 0 bridgehead atoms. The highest BCUT2D eigenvalue weighted by atomic mass is 16.5. The van der Waals surface area contributed by atoms with Gasteiger partial charge in [-0.25, -0.2) is 4.98 Å². The summed E-state index contributed by atoms with van der Waals surface area (Å²) in [7, 11) is 1.60. The SMILES string of the molecule is COc1cccc(C(=O)N2CCN(c3ccc(Nc4cc(C)ccn4)nn3)CC2)c1. The number of hydrogen-bond donors (Lipinski definition) is 1. The third kappa shape index (κ3) is 4.48. The standard InChI is InChI=1S/C22H24N6O2/c1-16-8-9-23-20(14-16)24-19-6-7-21(26-25-19)27-10-12-28(13-11-27)22(29)17-4-3-5-18(15-17)30-2/h3-9,14-15H,10-13H2,1-2H3,(H,23,24,25). The minimum Gasteiger partial charge on any atom is -0.497 e. The van der Waals surface area contributed by atoms with Gasteiger partial charge < -0.3 is 19.9 Å². The molecule has 0 radical (unpaired) electrons. The van der Waals surface area contributed by atoms with E-state index in [9.17, 15) is 4.79 Å². The number of carbonyl (C=O) groups is 1. The van der Waals surface area contributed by atoms with Crippen molar-refractivity contribution in [3.05, 3.63) is 65.9 Å². The molecule has 1 amide bonds. The first-order valence-electron chi connectivity index (χ1n) is 9.84. The summed E-state index contributed by atoms with van der Waals surface area (Å²) in [5.41, 5.74) is 1.77. The lowest BCUT2D eigenvalue weighted by Crippen LogP contribution is -2.49. The molecule has 1 N–H and O–H groups in total. The fourth-order valence-electron chi connectivity index (χ4n) is 3.37. The van der Waals surface area contributed by atoms with E-state index in [1.807, 2.05) is 54.3 Å². The normalized spacial score (nSPS) is 13.8. The van der Waals surface area contributed by atoms with E-state index < -0.39 is 0 Å². The number of nitrogens with one attached hydrogen (secondary N) is 1. The maximum absolute atomic E-state index is 12.8. The third-order valence-electron chi connectivity index (χ3n) is 5.03. The zero-order valence-electron chi connectivity index (χ0n) is 17.1. The monoisotopic (exact) mass is 404 g/mol. The summed E-state index contributed by atoms with van der Waals surface area (Å²) >= 11 is 0. The zero-order valence-corrected chi connectivity index (χ0v) is 17.1. The molecule has 2 aromatic heterocycles. The van der Waals surface area contributed by atoms with Crippen LogP contribution in [-0.4, -0.2) is 59.3 Å². The van der Waals surface area contributed by atoms with Crippen molar-refractivity contribution in [2.75, 3.05) is 43.5 Å². The van der Waals surface area contributed by atoms with Crippen molar-refractivity contribution in [2.24, 2.45) is 0 Å². The van der Waals surface area contributed by atoms with Crippen LogP contribution in [0.1, 0.15) is 15.9 Å². The van der Waals surface area contributed by atoms with Gasteiger partial charge in [-0.3, -0.25) is 4.79 Å². The summed E-state index contributed by atoms with van der Waals surface area (Å²) in [5.74, 6) is 2.88. The average Bonchev–Trinajstić information content (AvgIpc) is 2.79. The predicted octanol–water partition coefficient (Wildman–Crippen LogP) is 2.89. The molecule has 1 aromatic carbocycles. The molecule has 1 aliphatic heterocycles. The molecule has 0 aliphatic carbocycles. The van der Waals surface area contributed by atoms with Crippen LogP contribution in [0.5, 0.6) is 5.75 Å². The van der Waals surface area contributed by atoms with Crippen molar-refractivity contribution in [2.45, 2.75) is 6.92 Å². The van der Waals surface area contributed by atoms with E-state index in [0.717, 1.165) is 17.2 Å². The molecule has 8 nitrogen and oxygen atoms in total. The van der Waals surface area contributed by atoms with Gasteiger partial charge >= 0.3 is 0 Å². The smallest absolute Gasteiger partial charge is 0.254 e. The quantitative estimate of drug-likeness (QED) is 0.700. The second kappa shape index (κ2) is 8.77. The van der Waals surface area contributed by atoms with Gasteiger partial charge in [0.05, 0.1) is 7.11 Å². The second-order valence-corrected chi connectivity index (χ2v) is 7.13. The molecule has 1 fully saturated rings. The first-order chi connectivity index (χ1) is 14.6. The Morgan fingerprint density at radius 2 is 1.83 bits per heavy atom. The molecule has 0 spiro atoms. The molecule has 0 atom stereocenters. The highest BCUT2D eigenvalue weighted by molar-refractivity contribution is 5.94. The number of hydrogen-bond acceptors (Lipinski definition) is 7. The molecule has 3 aromatic rings. The number of ether oxygens (including phenoxy) is 1. The fraction of sp³-hybridized carbons (Fsp3) is 0.273. The maximum atomic E-state index is 12.8. The van der Waals surface area contributed by atoms with Crippen LogP contribution in [0.4, 0.5) is 17.5 Å². The van der Waals surface area contributed by atoms with Crippen molar-refractivity contribution >= 4 is 23.4 Å². The van der Waals surface area contributed by atoms with Gasteiger partial charge in [-0.05, 0) is 55.0 Å². The van der Waals surface area contributed by atoms with Gasteiger partial charge in [0.1, 0.15) is 11.6 Å². The van der Waals surface area contributed by atoms with Crippen molar-refractivity contribution in [1.82, 2.24) is 20.1 Å². The number of amides is 1. The first-order valence-corrected chi connectivity index (χ1v) is 9.84. The van der Waals surface area contributed by atoms with E-state index in [-0.39, 0.29) is 5.91 Å². The van der Waals surface area contributed by atoms with Gasteiger partial charge in [-0.1, -0.05) is 6.07 Å². The number of nitrogens with zero attached hydrogens (tertiary/aromatic N) is 5. The first kappa shape index (κ1) is 19.6. The molecule has 8 heteroatoms. The number of aryl methyl sites for hydroxylation is 1. The van der Waals surface area contributed by atoms with Crippen LogP contribution < -0.4 is 15.0 Å². The molecule has 154 valence electrons. The van der Waals surface area contributed by atoms with Crippen molar-refractivity contribution in [3.63, 3.8) is 0 Å². The second-order valence-electron chi connectivity index (χ2n) is 7.13. The molecule has 1 saturated heterocycles. The van der Waals surface area contributed by atoms with Crippen LogP contribution in [0.2, 0.25) is 0 Å². The van der Waals surface area contributed by atoms with Gasteiger partial charge in [0.2, 0.25) is 0 Å². The van der Waals surface area contributed by atoms with E-state index in [1.54, 1.807) is 19.4 Å². The van der Waals surface area contributed by atoms with E-state index in [1.165, 1.54) is 0 Å². The van der Waals surface area contributed by atoms with Gasteiger partial charge in [-0.15, -0.1) is 10.2 Å². The lowest BCUT2D eigenvalue weighted by molar-refractivity contribution is 0.0746. The Morgan fingerprint density at radius 1 is 1.00 bits per heavy atom. The summed E-state index contributed by atoms with van der Waals surface area (Å²) in [6, 6.07) is 15.0. The van der Waals surface area contributed by atoms with Crippen LogP contribution in [0, 0.1) is 6.92 Å². The zero-order chi connectivity index (χ0) is 20.9. The highest BCUT2D eigenvalue weighted by Gasteiger charge is 2.23. The highest BCUT2D eigenvalue weighted by Crippen LogP contribution is 2.19. The Labute approximate surface area is 175 Å². The maximum Gasteiger partial charge on any atom is 0.254 e. The van der Waals surface area contributed by atoms with Crippen LogP contribution in [0.3, 0.4) is 0 Å². The van der Waals surface area contributed by atoms with E-state index in [4.69, 9.17) is 4.74 Å². The van der Waals surface area contributed by atoms with E-state index in [2.05, 4.69) is 25.4 Å². The van der Waals surface area contributed by atoms with Crippen LogP contribution in [0.15, 0.2) is 54.7 Å². The molecule has 0 saturated carbocycles. The minimum atomic E-state index is 0.0184. The number of benzene rings is 1. The Bertz CT molecular complexity index is 1020. The number of carbonyl (C=O) groups excluding carboxylic acids is 1. The summed E-state index contributed by atoms with van der Waals surface area (Å²) in [6.45, 7) is 4.68. The number of rotatable bonds is 5. The molecule has 30 heavy (non-hydrogen) atoms. The van der Waals surface area contributed by atoms with Gasteiger partial charge in [-0.2, -0.15) is 0 Å². The minimum absolute atomic E-state index is 0.0184. The van der Waals surface area contributed by atoms with Crippen LogP contribution in [0.25, 0.3) is 0 Å². The average molecular weight is 404 g/mol. The molecule has 3 heterocycles. The number of anilines is 3. The molecular weight excluding hydrogens is 380 g/mol. The Morgan fingerprint density at radius 3 is 2.53 bits per heavy atom. The Kier molecular flexibility index (Phi) is 5.74. The van der Waals surface area contributed by atoms with Crippen LogP contribution >= 0.6 is 0 Å². The predicted molar refractivity (Wildman–Crippen MR) is 115 cm³/mol. The number of pyridine rings is 1. The van der Waals surface area contributed by atoms with Crippen molar-refractivity contribution in [1.29, 1.82) is 0 Å². The van der Waals surface area contributed by atoms with Gasteiger partial charge in [0.25, 0.3) is 5.91 Å².